The van der Waals surface area contributed by atoms with Crippen LogP contribution in [0.25, 0.3) is 0 Å². The Morgan fingerprint density at radius 2 is 2.22 bits per heavy atom. The third-order valence-corrected chi connectivity index (χ3v) is 4.32. The number of hydrogen-bond donors (Lipinski definition) is 2. The Kier molecular flexibility index (Phi) is 5.52. The van der Waals surface area contributed by atoms with E-state index in [4.69, 9.17) is 5.11 Å². The van der Waals surface area contributed by atoms with Gasteiger partial charge in [-0.25, -0.2) is 17.7 Å². The van der Waals surface area contributed by atoms with Crippen LogP contribution in [0.4, 0.5) is 5.82 Å². The van der Waals surface area contributed by atoms with Crippen LogP contribution in [-0.2, 0) is 10.0 Å². The highest BCUT2D eigenvalue weighted by Crippen LogP contribution is 2.21. The second-order valence-electron chi connectivity index (χ2n) is 3.78. The van der Waals surface area contributed by atoms with Gasteiger partial charge >= 0.3 is 0 Å². The molecule has 1 aromatic heterocycles. The third kappa shape index (κ3) is 3.41. The fraction of sp³-hybridized carbons (Fsp3) is 0.545. The highest BCUT2D eigenvalue weighted by molar-refractivity contribution is 7.89. The Morgan fingerprint density at radius 3 is 2.83 bits per heavy atom. The Morgan fingerprint density at radius 1 is 1.50 bits per heavy atom. The van der Waals surface area contributed by atoms with E-state index in [1.54, 1.807) is 12.3 Å². The molecule has 2 N–H and O–H groups in total. The maximum absolute atomic E-state index is 12.3. The lowest BCUT2D eigenvalue weighted by Gasteiger charge is -2.18. The average molecular weight is 273 g/mol. The van der Waals surface area contributed by atoms with E-state index in [-0.39, 0.29) is 18.0 Å². The highest BCUT2D eigenvalue weighted by Gasteiger charge is 2.23. The smallest absolute Gasteiger partial charge is 0.246 e. The molecule has 0 aliphatic rings. The van der Waals surface area contributed by atoms with Gasteiger partial charge in [0.25, 0.3) is 0 Å². The quantitative estimate of drug-likeness (QED) is 0.756. The summed E-state index contributed by atoms with van der Waals surface area (Å²) >= 11 is 0. The zero-order valence-electron chi connectivity index (χ0n) is 10.6. The average Bonchev–Trinajstić information content (AvgIpc) is 2.36. The lowest BCUT2D eigenvalue weighted by atomic mass is 10.4. The second-order valence-corrected chi connectivity index (χ2v) is 5.80. The summed E-state index contributed by atoms with van der Waals surface area (Å²) < 4.78 is 25.8. The van der Waals surface area contributed by atoms with Gasteiger partial charge < -0.3 is 10.4 Å². The molecule has 0 aromatic carbocycles. The molecule has 6 nitrogen and oxygen atoms in total. The van der Waals surface area contributed by atoms with Crippen molar-refractivity contribution in [3.8, 4) is 0 Å². The molecule has 0 saturated carbocycles. The van der Waals surface area contributed by atoms with E-state index in [9.17, 15) is 8.42 Å². The minimum atomic E-state index is -3.57. The van der Waals surface area contributed by atoms with Gasteiger partial charge in [-0.3, -0.25) is 0 Å². The van der Waals surface area contributed by atoms with Crippen LogP contribution in [0.2, 0.25) is 0 Å². The van der Waals surface area contributed by atoms with Crippen molar-refractivity contribution >= 4 is 15.8 Å². The molecule has 0 bridgehead atoms. The van der Waals surface area contributed by atoms with Crippen molar-refractivity contribution < 1.29 is 13.5 Å². The Balaban J connectivity index is 3.04. The monoisotopic (exact) mass is 273 g/mol. The number of rotatable bonds is 7. The maximum Gasteiger partial charge on any atom is 0.246 e. The molecule has 1 rings (SSSR count). The number of aliphatic hydroxyl groups is 1. The van der Waals surface area contributed by atoms with Crippen LogP contribution in [-0.4, -0.2) is 49.6 Å². The van der Waals surface area contributed by atoms with Crippen molar-refractivity contribution in [3.63, 3.8) is 0 Å². The molecule has 7 heteroatoms. The summed E-state index contributed by atoms with van der Waals surface area (Å²) in [7, 11) is -2.07. The van der Waals surface area contributed by atoms with E-state index in [0.29, 0.717) is 18.8 Å². The summed E-state index contributed by atoms with van der Waals surface area (Å²) in [5.74, 6) is 0.357. The number of anilines is 1. The standard InChI is InChI=1S/C11H19N3O3S/c1-3-12-11-10(6-4-7-13-11)18(16,17)14(2)8-5-9-15/h4,6-7,15H,3,5,8-9H2,1-2H3,(H,12,13). The highest BCUT2D eigenvalue weighted by atomic mass is 32.2. The van der Waals surface area contributed by atoms with E-state index < -0.39 is 10.0 Å². The Labute approximate surface area is 108 Å². The van der Waals surface area contributed by atoms with Gasteiger partial charge in [-0.15, -0.1) is 0 Å². The van der Waals surface area contributed by atoms with Gasteiger partial charge in [-0.1, -0.05) is 0 Å². The van der Waals surface area contributed by atoms with E-state index in [0.717, 1.165) is 0 Å². The Bertz CT molecular complexity index is 476. The number of aliphatic hydroxyl groups excluding tert-OH is 1. The molecule has 0 amide bonds. The molecule has 0 spiro atoms. The molecule has 0 aliphatic heterocycles. The van der Waals surface area contributed by atoms with Crippen molar-refractivity contribution in [2.75, 3.05) is 32.1 Å². The molecule has 0 fully saturated rings. The molecule has 1 heterocycles. The van der Waals surface area contributed by atoms with Crippen molar-refractivity contribution in [1.82, 2.24) is 9.29 Å². The topological polar surface area (TPSA) is 82.5 Å². The number of pyridine rings is 1. The summed E-state index contributed by atoms with van der Waals surface area (Å²) in [5, 5.41) is 11.7. The largest absolute Gasteiger partial charge is 0.396 e. The molecule has 0 unspecified atom stereocenters. The van der Waals surface area contributed by atoms with Gasteiger partial charge in [-0.05, 0) is 25.5 Å². The summed E-state index contributed by atoms with van der Waals surface area (Å²) in [6.45, 7) is 2.71. The summed E-state index contributed by atoms with van der Waals surface area (Å²) in [5.41, 5.74) is 0. The van der Waals surface area contributed by atoms with Gasteiger partial charge in [0.2, 0.25) is 10.0 Å². The first kappa shape index (κ1) is 14.9. The minimum Gasteiger partial charge on any atom is -0.396 e. The van der Waals surface area contributed by atoms with Gasteiger partial charge in [0.05, 0.1) is 0 Å². The SMILES string of the molecule is CCNc1ncccc1S(=O)(=O)N(C)CCCO. The second kappa shape index (κ2) is 6.67. The number of nitrogens with zero attached hydrogens (tertiary/aromatic N) is 2. The van der Waals surface area contributed by atoms with Gasteiger partial charge in [-0.2, -0.15) is 0 Å². The van der Waals surface area contributed by atoms with E-state index >= 15 is 0 Å². The number of sulfonamides is 1. The molecule has 0 atom stereocenters. The lowest BCUT2D eigenvalue weighted by Crippen LogP contribution is -2.29. The number of hydrogen-bond acceptors (Lipinski definition) is 5. The zero-order valence-corrected chi connectivity index (χ0v) is 11.4. The summed E-state index contributed by atoms with van der Waals surface area (Å²) in [4.78, 5) is 4.19. The molecule has 0 saturated heterocycles. The van der Waals surface area contributed by atoms with Crippen molar-refractivity contribution in [2.24, 2.45) is 0 Å². The van der Waals surface area contributed by atoms with Crippen LogP contribution in [0.1, 0.15) is 13.3 Å². The molecule has 102 valence electrons. The predicted octanol–water partition coefficient (Wildman–Crippen LogP) is 0.516. The van der Waals surface area contributed by atoms with Crippen LogP contribution in [0.3, 0.4) is 0 Å². The molecule has 18 heavy (non-hydrogen) atoms. The maximum atomic E-state index is 12.3. The van der Waals surface area contributed by atoms with Crippen LogP contribution in [0, 0.1) is 0 Å². The Hall–Kier alpha value is -1.18. The normalized spacial score (nSPS) is 11.8. The van der Waals surface area contributed by atoms with Gasteiger partial charge in [0.15, 0.2) is 0 Å². The van der Waals surface area contributed by atoms with E-state index in [1.165, 1.54) is 17.4 Å². The zero-order chi connectivity index (χ0) is 13.6. The first-order valence-corrected chi connectivity index (χ1v) is 7.24. The molecular formula is C11H19N3O3S. The van der Waals surface area contributed by atoms with Crippen LogP contribution < -0.4 is 5.32 Å². The first-order valence-electron chi connectivity index (χ1n) is 5.80. The van der Waals surface area contributed by atoms with E-state index in [1.807, 2.05) is 6.92 Å². The third-order valence-electron chi connectivity index (χ3n) is 2.43. The van der Waals surface area contributed by atoms with Crippen LogP contribution in [0.15, 0.2) is 23.2 Å². The molecule has 1 aromatic rings. The van der Waals surface area contributed by atoms with Crippen molar-refractivity contribution in [2.45, 2.75) is 18.2 Å². The van der Waals surface area contributed by atoms with Crippen LogP contribution in [0.5, 0.6) is 0 Å². The van der Waals surface area contributed by atoms with Crippen molar-refractivity contribution in [3.05, 3.63) is 18.3 Å². The first-order chi connectivity index (χ1) is 8.54. The van der Waals surface area contributed by atoms with E-state index in [2.05, 4.69) is 10.3 Å². The minimum absolute atomic E-state index is 0.0348. The predicted molar refractivity (Wildman–Crippen MR) is 69.9 cm³/mol. The van der Waals surface area contributed by atoms with Gasteiger partial charge in [0, 0.05) is 32.9 Å². The molecule has 0 aliphatic carbocycles. The lowest BCUT2D eigenvalue weighted by molar-refractivity contribution is 0.275. The number of nitrogens with one attached hydrogen (secondary N) is 1. The molecular weight excluding hydrogens is 254 g/mol. The molecule has 0 radical (unpaired) electrons. The fourth-order valence-electron chi connectivity index (χ4n) is 1.48. The fourth-order valence-corrected chi connectivity index (χ4v) is 2.81. The summed E-state index contributed by atoms with van der Waals surface area (Å²) in [6, 6.07) is 3.11. The van der Waals surface area contributed by atoms with Crippen molar-refractivity contribution in [1.29, 1.82) is 0 Å². The number of aromatic nitrogens is 1. The van der Waals surface area contributed by atoms with Crippen LogP contribution >= 0.6 is 0 Å². The van der Waals surface area contributed by atoms with Gasteiger partial charge in [0.1, 0.15) is 10.7 Å². The summed E-state index contributed by atoms with van der Waals surface area (Å²) in [6.07, 6.45) is 1.96.